The monoisotopic (exact) mass is 285 g/mol. The van der Waals surface area contributed by atoms with E-state index in [2.05, 4.69) is 18.3 Å². The van der Waals surface area contributed by atoms with Crippen LogP contribution in [0.5, 0.6) is 0 Å². The molecule has 1 rings (SSSR count). The number of rotatable bonds is 12. The van der Waals surface area contributed by atoms with Gasteiger partial charge in [-0.2, -0.15) is 0 Å². The Morgan fingerprint density at radius 2 is 1.95 bits per heavy atom. The molecule has 0 spiro atoms. The molecule has 1 aromatic rings. The lowest BCUT2D eigenvalue weighted by Crippen LogP contribution is -2.10. The maximum Gasteiger partial charge on any atom is 0.118 e. The highest BCUT2D eigenvalue weighted by atomic mass is 16.5. The Bertz CT molecular complexity index is 352. The largest absolute Gasteiger partial charge is 0.465 e. The molecule has 5 heteroatoms. The summed E-state index contributed by atoms with van der Waals surface area (Å²) in [6, 6.07) is 2.06. The number of ether oxygens (including phenoxy) is 3. The Kier molecular flexibility index (Phi) is 9.32. The van der Waals surface area contributed by atoms with E-state index in [0.29, 0.717) is 33.0 Å². The minimum Gasteiger partial charge on any atom is -0.465 e. The second kappa shape index (κ2) is 10.9. The lowest BCUT2D eigenvalue weighted by atomic mass is 10.2. The first-order valence-electron chi connectivity index (χ1n) is 7.21. The molecule has 0 bridgehead atoms. The van der Waals surface area contributed by atoms with Crippen LogP contribution in [0.4, 0.5) is 0 Å². The molecule has 0 aliphatic heterocycles. The van der Waals surface area contributed by atoms with E-state index >= 15 is 0 Å². The molecule has 0 saturated carbocycles. The Morgan fingerprint density at radius 1 is 1.15 bits per heavy atom. The summed E-state index contributed by atoms with van der Waals surface area (Å²) in [4.78, 5) is 0. The van der Waals surface area contributed by atoms with Crippen LogP contribution in [0, 0.1) is 6.92 Å². The van der Waals surface area contributed by atoms with Gasteiger partial charge in [0.2, 0.25) is 0 Å². The van der Waals surface area contributed by atoms with Crippen LogP contribution < -0.4 is 5.32 Å². The standard InChI is InChI=1S/C15H27NO4/c1-4-16-11-15-10-14(13(2)20-15)12-19-7-5-6-18-9-8-17-3/h10,16H,4-9,11-12H2,1-3H3. The van der Waals surface area contributed by atoms with Crippen molar-refractivity contribution in [3.8, 4) is 0 Å². The molecule has 1 aromatic heterocycles. The van der Waals surface area contributed by atoms with Crippen LogP contribution in [0.15, 0.2) is 10.5 Å². The minimum absolute atomic E-state index is 0.597. The van der Waals surface area contributed by atoms with Gasteiger partial charge in [0.15, 0.2) is 0 Å². The number of hydrogen-bond donors (Lipinski definition) is 1. The van der Waals surface area contributed by atoms with Crippen LogP contribution in [0.2, 0.25) is 0 Å². The molecule has 0 fully saturated rings. The SMILES string of the molecule is CCNCc1cc(COCCCOCCOC)c(C)o1. The van der Waals surface area contributed by atoms with Crippen LogP contribution in [0.1, 0.15) is 30.4 Å². The van der Waals surface area contributed by atoms with Crippen molar-refractivity contribution in [3.05, 3.63) is 23.2 Å². The maximum atomic E-state index is 5.66. The molecule has 5 nitrogen and oxygen atoms in total. The molecule has 116 valence electrons. The van der Waals surface area contributed by atoms with Gasteiger partial charge in [-0.1, -0.05) is 6.92 Å². The lowest BCUT2D eigenvalue weighted by Gasteiger charge is -2.04. The van der Waals surface area contributed by atoms with Gasteiger partial charge in [-0.25, -0.2) is 0 Å². The number of furan rings is 1. The molecular formula is C15H27NO4. The van der Waals surface area contributed by atoms with Crippen LogP contribution in [0.25, 0.3) is 0 Å². The zero-order valence-corrected chi connectivity index (χ0v) is 12.9. The third-order valence-corrected chi connectivity index (χ3v) is 2.89. The van der Waals surface area contributed by atoms with E-state index in [0.717, 1.165) is 36.6 Å². The first-order chi connectivity index (χ1) is 9.77. The average molecular weight is 285 g/mol. The van der Waals surface area contributed by atoms with E-state index in [1.807, 2.05) is 6.92 Å². The molecule has 0 radical (unpaired) electrons. The Labute approximate surface area is 121 Å². The Hall–Kier alpha value is -0.880. The van der Waals surface area contributed by atoms with Gasteiger partial charge in [-0.05, 0) is 26.0 Å². The van der Waals surface area contributed by atoms with Crippen molar-refractivity contribution in [3.63, 3.8) is 0 Å². The summed E-state index contributed by atoms with van der Waals surface area (Å²) in [5, 5.41) is 3.24. The molecule has 0 aromatic carbocycles. The number of aryl methyl sites for hydroxylation is 1. The van der Waals surface area contributed by atoms with Crippen molar-refractivity contribution in [2.45, 2.75) is 33.4 Å². The van der Waals surface area contributed by atoms with Gasteiger partial charge in [0.25, 0.3) is 0 Å². The fourth-order valence-corrected chi connectivity index (χ4v) is 1.76. The van der Waals surface area contributed by atoms with Crippen molar-refractivity contribution in [1.29, 1.82) is 0 Å². The van der Waals surface area contributed by atoms with E-state index in [4.69, 9.17) is 18.6 Å². The predicted octanol–water partition coefficient (Wildman–Crippen LogP) is 2.27. The highest BCUT2D eigenvalue weighted by molar-refractivity contribution is 5.19. The summed E-state index contributed by atoms with van der Waals surface area (Å²) in [6.45, 7) is 9.05. The fraction of sp³-hybridized carbons (Fsp3) is 0.733. The van der Waals surface area contributed by atoms with Crippen molar-refractivity contribution in [2.24, 2.45) is 0 Å². The summed E-state index contributed by atoms with van der Waals surface area (Å²) in [7, 11) is 1.67. The van der Waals surface area contributed by atoms with Gasteiger partial charge in [-0.3, -0.25) is 0 Å². The Morgan fingerprint density at radius 3 is 2.70 bits per heavy atom. The van der Waals surface area contributed by atoms with Crippen molar-refractivity contribution >= 4 is 0 Å². The van der Waals surface area contributed by atoms with Crippen molar-refractivity contribution in [1.82, 2.24) is 5.32 Å². The molecule has 0 unspecified atom stereocenters. The lowest BCUT2D eigenvalue weighted by molar-refractivity contribution is 0.0482. The zero-order valence-electron chi connectivity index (χ0n) is 12.9. The molecule has 0 aliphatic carbocycles. The molecular weight excluding hydrogens is 258 g/mol. The highest BCUT2D eigenvalue weighted by Gasteiger charge is 2.06. The van der Waals surface area contributed by atoms with Gasteiger partial charge < -0.3 is 23.9 Å². The summed E-state index contributed by atoms with van der Waals surface area (Å²) in [5.41, 5.74) is 1.12. The normalized spacial score (nSPS) is 11.2. The molecule has 20 heavy (non-hydrogen) atoms. The maximum absolute atomic E-state index is 5.66. The van der Waals surface area contributed by atoms with E-state index < -0.39 is 0 Å². The molecule has 0 atom stereocenters. The molecule has 1 heterocycles. The average Bonchev–Trinajstić information content (AvgIpc) is 2.80. The van der Waals surface area contributed by atoms with Gasteiger partial charge in [0, 0.05) is 25.9 Å². The van der Waals surface area contributed by atoms with Crippen LogP contribution in [-0.2, 0) is 27.4 Å². The molecule has 0 saturated heterocycles. The van der Waals surface area contributed by atoms with Gasteiger partial charge in [0.05, 0.1) is 26.4 Å². The molecule has 0 aliphatic rings. The summed E-state index contributed by atoms with van der Waals surface area (Å²) in [5.74, 6) is 1.90. The second-order valence-corrected chi connectivity index (χ2v) is 4.59. The topological polar surface area (TPSA) is 52.9 Å². The first-order valence-corrected chi connectivity index (χ1v) is 7.21. The van der Waals surface area contributed by atoms with Crippen molar-refractivity contribution < 1.29 is 18.6 Å². The van der Waals surface area contributed by atoms with Gasteiger partial charge in [-0.15, -0.1) is 0 Å². The van der Waals surface area contributed by atoms with E-state index in [1.54, 1.807) is 7.11 Å². The second-order valence-electron chi connectivity index (χ2n) is 4.59. The first kappa shape index (κ1) is 17.2. The molecule has 0 amide bonds. The van der Waals surface area contributed by atoms with Crippen LogP contribution in [-0.4, -0.2) is 40.1 Å². The van der Waals surface area contributed by atoms with Crippen LogP contribution >= 0.6 is 0 Å². The fourth-order valence-electron chi connectivity index (χ4n) is 1.76. The van der Waals surface area contributed by atoms with E-state index in [9.17, 15) is 0 Å². The van der Waals surface area contributed by atoms with Crippen molar-refractivity contribution in [2.75, 3.05) is 40.1 Å². The minimum atomic E-state index is 0.597. The van der Waals surface area contributed by atoms with Crippen LogP contribution in [0.3, 0.4) is 0 Å². The number of nitrogens with one attached hydrogen (secondary N) is 1. The zero-order chi connectivity index (χ0) is 14.6. The quantitative estimate of drug-likeness (QED) is 0.597. The molecule has 1 N–H and O–H groups in total. The van der Waals surface area contributed by atoms with Gasteiger partial charge >= 0.3 is 0 Å². The summed E-state index contributed by atoms with van der Waals surface area (Å²) >= 11 is 0. The summed E-state index contributed by atoms with van der Waals surface area (Å²) in [6.07, 6.45) is 0.894. The van der Waals surface area contributed by atoms with E-state index in [-0.39, 0.29) is 0 Å². The Balaban J connectivity index is 2.10. The predicted molar refractivity (Wildman–Crippen MR) is 77.8 cm³/mol. The van der Waals surface area contributed by atoms with E-state index in [1.165, 1.54) is 0 Å². The number of hydrogen-bond acceptors (Lipinski definition) is 5. The summed E-state index contributed by atoms with van der Waals surface area (Å²) < 4.78 is 21.6. The highest BCUT2D eigenvalue weighted by Crippen LogP contribution is 2.15. The third kappa shape index (κ3) is 7.05. The number of methoxy groups -OCH3 is 1. The third-order valence-electron chi connectivity index (χ3n) is 2.89. The van der Waals surface area contributed by atoms with Gasteiger partial charge in [0.1, 0.15) is 11.5 Å². The smallest absolute Gasteiger partial charge is 0.118 e.